The molecule has 1 fully saturated rings. The van der Waals surface area contributed by atoms with Gasteiger partial charge in [-0.1, -0.05) is 41.4 Å². The van der Waals surface area contributed by atoms with Crippen molar-refractivity contribution in [2.24, 2.45) is 0 Å². The molecule has 1 saturated heterocycles. The smallest absolute Gasteiger partial charge is 0.244 e. The Kier molecular flexibility index (Phi) is 9.75. The van der Waals surface area contributed by atoms with Crippen LogP contribution in [0, 0.1) is 0 Å². The number of rotatable bonds is 9. The van der Waals surface area contributed by atoms with Gasteiger partial charge in [0.1, 0.15) is 6.04 Å². The summed E-state index contributed by atoms with van der Waals surface area (Å²) in [6.07, 6.45) is 4.80. The largest absolute Gasteiger partial charge is 0.360 e. The van der Waals surface area contributed by atoms with Crippen LogP contribution in [0.15, 0.2) is 66.9 Å². The second kappa shape index (κ2) is 13.4. The summed E-state index contributed by atoms with van der Waals surface area (Å²) in [5.74, 6) is -1.07. The molecule has 11 heteroatoms. The van der Waals surface area contributed by atoms with E-state index in [2.05, 4.69) is 20.5 Å². The first kappa shape index (κ1) is 27.6. The van der Waals surface area contributed by atoms with Crippen LogP contribution in [0.1, 0.15) is 11.3 Å². The van der Waals surface area contributed by atoms with Gasteiger partial charge in [-0.05, 0) is 48.0 Å². The number of nitrogens with zero attached hydrogens (tertiary/aromatic N) is 3. The van der Waals surface area contributed by atoms with Gasteiger partial charge >= 0.3 is 0 Å². The normalized spacial score (nSPS) is 14.4. The average molecular weight is 573 g/mol. The second-order valence-electron chi connectivity index (χ2n) is 8.63. The third kappa shape index (κ3) is 8.05. The van der Waals surface area contributed by atoms with Gasteiger partial charge in [-0.2, -0.15) is 0 Å². The molecule has 38 heavy (non-hydrogen) atoms. The molecule has 2 N–H and O–H groups in total. The van der Waals surface area contributed by atoms with Gasteiger partial charge in [0.05, 0.1) is 15.9 Å². The van der Waals surface area contributed by atoms with E-state index < -0.39 is 17.9 Å². The number of hydrogen-bond donors (Lipinski definition) is 2. The van der Waals surface area contributed by atoms with E-state index in [0.29, 0.717) is 36.9 Å². The fraction of sp³-hybridized carbons (Fsp3) is 0.259. The first-order valence-corrected chi connectivity index (χ1v) is 13.6. The van der Waals surface area contributed by atoms with E-state index in [1.165, 1.54) is 17.4 Å². The van der Waals surface area contributed by atoms with Crippen molar-refractivity contribution in [1.29, 1.82) is 0 Å². The lowest BCUT2D eigenvalue weighted by molar-refractivity contribution is -0.134. The number of thiophene rings is 1. The lowest BCUT2D eigenvalue weighted by Gasteiger charge is -2.35. The third-order valence-electron chi connectivity index (χ3n) is 5.99. The van der Waals surface area contributed by atoms with Crippen LogP contribution in [0.5, 0.6) is 0 Å². The molecule has 198 valence electrons. The lowest BCUT2D eigenvalue weighted by atomic mass is 10.1. The van der Waals surface area contributed by atoms with Crippen LogP contribution < -0.4 is 15.5 Å². The van der Waals surface area contributed by atoms with Crippen LogP contribution >= 0.6 is 34.5 Å². The highest BCUT2D eigenvalue weighted by molar-refractivity contribution is 7.19. The van der Waals surface area contributed by atoms with Crippen LogP contribution in [0.25, 0.3) is 6.08 Å². The van der Waals surface area contributed by atoms with Gasteiger partial charge in [-0.25, -0.2) is 0 Å². The van der Waals surface area contributed by atoms with E-state index in [1.807, 2.05) is 18.2 Å². The number of amides is 3. The highest BCUT2D eigenvalue weighted by Crippen LogP contribution is 2.30. The summed E-state index contributed by atoms with van der Waals surface area (Å²) >= 11 is 13.5. The molecule has 2 aromatic heterocycles. The second-order valence-corrected chi connectivity index (χ2v) is 10.8. The van der Waals surface area contributed by atoms with E-state index in [0.717, 1.165) is 14.9 Å². The lowest BCUT2D eigenvalue weighted by Crippen LogP contribution is -2.53. The van der Waals surface area contributed by atoms with Crippen molar-refractivity contribution in [3.63, 3.8) is 0 Å². The summed E-state index contributed by atoms with van der Waals surface area (Å²) < 4.78 is 0.731. The first-order valence-electron chi connectivity index (χ1n) is 12.1. The minimum absolute atomic E-state index is 0.154. The van der Waals surface area contributed by atoms with Crippen molar-refractivity contribution >= 4 is 63.3 Å². The number of carbonyl (C=O) groups is 3. The van der Waals surface area contributed by atoms with Crippen molar-refractivity contribution in [3.8, 4) is 0 Å². The van der Waals surface area contributed by atoms with Crippen molar-refractivity contribution < 1.29 is 14.4 Å². The van der Waals surface area contributed by atoms with Gasteiger partial charge in [0.15, 0.2) is 0 Å². The fourth-order valence-electron chi connectivity index (χ4n) is 3.95. The number of benzene rings is 1. The zero-order valence-electron chi connectivity index (χ0n) is 20.5. The van der Waals surface area contributed by atoms with Crippen molar-refractivity contribution in [3.05, 3.63) is 87.5 Å². The molecule has 0 unspecified atom stereocenters. The molecule has 0 saturated carbocycles. The number of carbonyl (C=O) groups excluding carboxylic acids is 3. The molecule has 3 heterocycles. The van der Waals surface area contributed by atoms with Gasteiger partial charge in [0, 0.05) is 55.6 Å². The summed E-state index contributed by atoms with van der Waals surface area (Å²) in [4.78, 5) is 46.6. The molecular weight excluding hydrogens is 545 g/mol. The number of piperazine rings is 1. The summed E-state index contributed by atoms with van der Waals surface area (Å²) in [6.45, 7) is 2.32. The molecule has 0 radical (unpaired) electrons. The van der Waals surface area contributed by atoms with Gasteiger partial charge in [0.2, 0.25) is 17.7 Å². The predicted molar refractivity (Wildman–Crippen MR) is 151 cm³/mol. The topological polar surface area (TPSA) is 94.6 Å². The number of anilines is 1. The maximum Gasteiger partial charge on any atom is 0.244 e. The van der Waals surface area contributed by atoms with Crippen LogP contribution in [0.3, 0.4) is 0 Å². The van der Waals surface area contributed by atoms with E-state index in [1.54, 1.807) is 53.6 Å². The molecule has 0 aliphatic carbocycles. The Hall–Kier alpha value is -3.40. The Morgan fingerprint density at radius 2 is 1.76 bits per heavy atom. The van der Waals surface area contributed by atoms with Crippen LogP contribution in [-0.2, 0) is 20.8 Å². The van der Waals surface area contributed by atoms with E-state index in [4.69, 9.17) is 23.2 Å². The summed E-state index contributed by atoms with van der Waals surface area (Å²) in [5, 5.41) is 7.10. The maximum absolute atomic E-state index is 13.0. The average Bonchev–Trinajstić information content (AvgIpc) is 3.37. The minimum Gasteiger partial charge on any atom is -0.360 e. The van der Waals surface area contributed by atoms with Crippen LogP contribution in [0.2, 0.25) is 9.36 Å². The Bertz CT molecular complexity index is 1280. The summed E-state index contributed by atoms with van der Waals surface area (Å²) in [6, 6.07) is 15.3. The molecular formula is C27H27Cl2N5O3S. The first-order chi connectivity index (χ1) is 18.4. The van der Waals surface area contributed by atoms with Gasteiger partial charge < -0.3 is 20.4 Å². The molecule has 4 rings (SSSR count). The van der Waals surface area contributed by atoms with E-state index in [-0.39, 0.29) is 18.9 Å². The number of pyridine rings is 1. The van der Waals surface area contributed by atoms with Gasteiger partial charge in [-0.3, -0.25) is 19.4 Å². The highest BCUT2D eigenvalue weighted by atomic mass is 35.5. The number of halogens is 2. The number of aromatic nitrogens is 1. The van der Waals surface area contributed by atoms with Gasteiger partial charge in [-0.15, -0.1) is 11.3 Å². The third-order valence-corrected chi connectivity index (χ3v) is 7.53. The maximum atomic E-state index is 13.0. The standard InChI is InChI=1S/C27H27Cl2N5O3S/c28-20-7-4-19(5-8-20)6-10-24(35)32-22(17-21-3-1-2-12-30-21)27(37)31-18-25(36)33-13-15-34(16-14-33)26-11-9-23(29)38-26/h1-12,22H,13-18H2,(H,31,37)(H,32,35)/b10-6+/t22-/m0/s1. The zero-order chi connectivity index (χ0) is 26.9. The predicted octanol–water partition coefficient (Wildman–Crippen LogP) is 3.66. The number of nitrogens with one attached hydrogen (secondary N) is 2. The Labute approximate surface area is 235 Å². The van der Waals surface area contributed by atoms with E-state index >= 15 is 0 Å². The molecule has 0 bridgehead atoms. The Balaban J connectivity index is 1.31. The zero-order valence-corrected chi connectivity index (χ0v) is 22.8. The molecule has 1 aliphatic rings. The molecule has 8 nitrogen and oxygen atoms in total. The molecule has 1 aliphatic heterocycles. The quantitative estimate of drug-likeness (QED) is 0.382. The monoisotopic (exact) mass is 571 g/mol. The SMILES string of the molecule is O=C(/C=C/c1ccc(Cl)cc1)N[C@@H](Cc1ccccn1)C(=O)NCC(=O)N1CCN(c2ccc(Cl)s2)CC1. The number of hydrogen-bond acceptors (Lipinski definition) is 6. The molecule has 3 amide bonds. The van der Waals surface area contributed by atoms with E-state index in [9.17, 15) is 14.4 Å². The van der Waals surface area contributed by atoms with Crippen molar-refractivity contribution in [2.45, 2.75) is 12.5 Å². The fourth-order valence-corrected chi connectivity index (χ4v) is 5.16. The van der Waals surface area contributed by atoms with Crippen LogP contribution in [-0.4, -0.2) is 66.4 Å². The molecule has 1 atom stereocenters. The van der Waals surface area contributed by atoms with Crippen molar-refractivity contribution in [1.82, 2.24) is 20.5 Å². The van der Waals surface area contributed by atoms with Crippen molar-refractivity contribution in [2.75, 3.05) is 37.6 Å². The molecule has 1 aromatic carbocycles. The summed E-state index contributed by atoms with van der Waals surface area (Å²) in [5.41, 5.74) is 1.44. The van der Waals surface area contributed by atoms with Gasteiger partial charge in [0.25, 0.3) is 0 Å². The van der Waals surface area contributed by atoms with Crippen LogP contribution in [0.4, 0.5) is 5.00 Å². The minimum atomic E-state index is -0.902. The summed E-state index contributed by atoms with van der Waals surface area (Å²) in [7, 11) is 0. The Morgan fingerprint density at radius 1 is 1.00 bits per heavy atom. The highest BCUT2D eigenvalue weighted by Gasteiger charge is 2.25. The molecule has 0 spiro atoms. The molecule has 3 aromatic rings. The Morgan fingerprint density at radius 3 is 2.42 bits per heavy atom.